The Bertz CT molecular complexity index is 378. The van der Waals surface area contributed by atoms with Crippen LogP contribution >= 0.6 is 0 Å². The largest absolute Gasteiger partial charge is 0.489 e. The molecule has 0 aliphatic heterocycles. The van der Waals surface area contributed by atoms with E-state index in [1.807, 2.05) is 27.1 Å². The molecule has 1 atom stereocenters. The number of nitrogens with one attached hydrogen (secondary N) is 1. The van der Waals surface area contributed by atoms with E-state index in [1.165, 1.54) is 5.56 Å². The van der Waals surface area contributed by atoms with Gasteiger partial charge in [-0.1, -0.05) is 13.8 Å². The maximum atomic E-state index is 5.72. The molecule has 20 heavy (non-hydrogen) atoms. The Balaban J connectivity index is 2.69. The van der Waals surface area contributed by atoms with Crippen LogP contribution in [0.2, 0.25) is 0 Å². The molecule has 1 heterocycles. The van der Waals surface area contributed by atoms with Crippen molar-refractivity contribution in [2.75, 3.05) is 26.7 Å². The Hall–Kier alpha value is -1.13. The van der Waals surface area contributed by atoms with Crippen LogP contribution in [0.1, 0.15) is 45.7 Å². The van der Waals surface area contributed by atoms with E-state index in [0.29, 0.717) is 6.04 Å². The van der Waals surface area contributed by atoms with Gasteiger partial charge in [-0.05, 0) is 58.6 Å². The van der Waals surface area contributed by atoms with Crippen molar-refractivity contribution >= 4 is 0 Å². The summed E-state index contributed by atoms with van der Waals surface area (Å²) in [5, 5.41) is 3.38. The summed E-state index contributed by atoms with van der Waals surface area (Å²) < 4.78 is 5.72. The van der Waals surface area contributed by atoms with Crippen LogP contribution in [-0.4, -0.2) is 42.7 Å². The molecule has 0 aliphatic carbocycles. The summed E-state index contributed by atoms with van der Waals surface area (Å²) in [6, 6.07) is 2.41. The molecular formula is C16H29N3O. The topological polar surface area (TPSA) is 37.4 Å². The third-order valence-electron chi connectivity index (χ3n) is 3.49. The molecule has 0 bridgehead atoms. The molecule has 1 unspecified atom stereocenters. The van der Waals surface area contributed by atoms with E-state index in [0.717, 1.165) is 31.8 Å². The number of nitrogens with zero attached hydrogens (tertiary/aromatic N) is 2. The fourth-order valence-electron chi connectivity index (χ4n) is 2.29. The van der Waals surface area contributed by atoms with Crippen molar-refractivity contribution in [1.29, 1.82) is 0 Å². The van der Waals surface area contributed by atoms with Gasteiger partial charge in [0, 0.05) is 12.2 Å². The molecule has 0 radical (unpaired) electrons. The quantitative estimate of drug-likeness (QED) is 0.754. The molecule has 4 heteroatoms. The summed E-state index contributed by atoms with van der Waals surface area (Å²) >= 11 is 0. The van der Waals surface area contributed by atoms with E-state index in [9.17, 15) is 0 Å². The van der Waals surface area contributed by atoms with Gasteiger partial charge < -0.3 is 15.0 Å². The smallest absolute Gasteiger partial charge is 0.138 e. The maximum absolute atomic E-state index is 5.72. The highest BCUT2D eigenvalue weighted by Crippen LogP contribution is 2.21. The third kappa shape index (κ3) is 5.47. The summed E-state index contributed by atoms with van der Waals surface area (Å²) in [7, 11) is 2.00. The fraction of sp³-hybridized carbons (Fsp3) is 0.688. The van der Waals surface area contributed by atoms with Crippen LogP contribution < -0.4 is 10.1 Å². The van der Waals surface area contributed by atoms with Crippen LogP contribution in [0.3, 0.4) is 0 Å². The van der Waals surface area contributed by atoms with Gasteiger partial charge in [0.1, 0.15) is 5.75 Å². The molecule has 0 fully saturated rings. The minimum absolute atomic E-state index is 0.177. The number of hydrogen-bond donors (Lipinski definition) is 1. The highest BCUT2D eigenvalue weighted by Gasteiger charge is 2.12. The Labute approximate surface area is 123 Å². The normalized spacial score (nSPS) is 12.9. The number of aromatic nitrogens is 1. The zero-order valence-corrected chi connectivity index (χ0v) is 13.5. The summed E-state index contributed by atoms with van der Waals surface area (Å²) in [5.74, 6) is 0.848. The zero-order chi connectivity index (χ0) is 15.0. The molecule has 0 saturated heterocycles. The first-order valence-corrected chi connectivity index (χ1v) is 7.61. The number of ether oxygens (including phenoxy) is 1. The van der Waals surface area contributed by atoms with Crippen LogP contribution in [0.5, 0.6) is 5.75 Å². The van der Waals surface area contributed by atoms with Crippen LogP contribution in [-0.2, 0) is 0 Å². The number of pyridine rings is 1. The van der Waals surface area contributed by atoms with Crippen molar-refractivity contribution < 1.29 is 4.74 Å². The molecule has 0 spiro atoms. The number of rotatable bonds is 9. The lowest BCUT2D eigenvalue weighted by molar-refractivity contribution is 0.240. The van der Waals surface area contributed by atoms with E-state index in [1.54, 1.807) is 6.20 Å². The highest BCUT2D eigenvalue weighted by molar-refractivity contribution is 5.26. The minimum Gasteiger partial charge on any atom is -0.489 e. The Morgan fingerprint density at radius 3 is 2.50 bits per heavy atom. The van der Waals surface area contributed by atoms with E-state index < -0.39 is 0 Å². The second-order valence-electron chi connectivity index (χ2n) is 5.28. The molecule has 0 aromatic carbocycles. The summed E-state index contributed by atoms with van der Waals surface area (Å²) in [6.45, 7) is 11.8. The van der Waals surface area contributed by atoms with Crippen LogP contribution in [0.15, 0.2) is 18.5 Å². The molecular weight excluding hydrogens is 250 g/mol. The Kier molecular flexibility index (Phi) is 7.55. The monoisotopic (exact) mass is 279 g/mol. The Morgan fingerprint density at radius 2 is 1.95 bits per heavy atom. The van der Waals surface area contributed by atoms with Crippen molar-refractivity contribution in [3.63, 3.8) is 0 Å². The highest BCUT2D eigenvalue weighted by atomic mass is 16.5. The molecule has 4 nitrogen and oxygen atoms in total. The first-order chi connectivity index (χ1) is 9.60. The van der Waals surface area contributed by atoms with Crippen LogP contribution in [0, 0.1) is 0 Å². The van der Waals surface area contributed by atoms with Crippen molar-refractivity contribution in [3.8, 4) is 5.75 Å². The van der Waals surface area contributed by atoms with E-state index >= 15 is 0 Å². The Morgan fingerprint density at radius 1 is 1.25 bits per heavy atom. The third-order valence-corrected chi connectivity index (χ3v) is 3.49. The maximum Gasteiger partial charge on any atom is 0.138 e. The minimum atomic E-state index is 0.177. The first kappa shape index (κ1) is 16.9. The average molecular weight is 279 g/mol. The number of hydrogen-bond acceptors (Lipinski definition) is 4. The average Bonchev–Trinajstić information content (AvgIpc) is 2.43. The predicted octanol–water partition coefficient (Wildman–Crippen LogP) is 2.86. The van der Waals surface area contributed by atoms with Gasteiger partial charge in [0.2, 0.25) is 0 Å². The van der Waals surface area contributed by atoms with Gasteiger partial charge in [-0.15, -0.1) is 0 Å². The van der Waals surface area contributed by atoms with Gasteiger partial charge in [0.25, 0.3) is 0 Å². The van der Waals surface area contributed by atoms with Crippen molar-refractivity contribution in [3.05, 3.63) is 24.0 Å². The predicted molar refractivity (Wildman–Crippen MR) is 84.2 cm³/mol. The van der Waals surface area contributed by atoms with Gasteiger partial charge in [-0.2, -0.15) is 0 Å². The van der Waals surface area contributed by atoms with Gasteiger partial charge in [-0.25, -0.2) is 0 Å². The van der Waals surface area contributed by atoms with E-state index in [-0.39, 0.29) is 6.10 Å². The fourth-order valence-corrected chi connectivity index (χ4v) is 2.29. The van der Waals surface area contributed by atoms with Gasteiger partial charge in [0.15, 0.2) is 0 Å². The summed E-state index contributed by atoms with van der Waals surface area (Å²) in [4.78, 5) is 6.73. The second-order valence-corrected chi connectivity index (χ2v) is 5.28. The molecule has 1 N–H and O–H groups in total. The van der Waals surface area contributed by atoms with Crippen molar-refractivity contribution in [1.82, 2.24) is 15.2 Å². The van der Waals surface area contributed by atoms with E-state index in [2.05, 4.69) is 35.1 Å². The molecule has 0 aliphatic rings. The van der Waals surface area contributed by atoms with E-state index in [4.69, 9.17) is 4.74 Å². The SMILES string of the molecule is CCN(CC)CCC(NC)c1cncc(OC(C)C)c1. The zero-order valence-electron chi connectivity index (χ0n) is 13.5. The first-order valence-electron chi connectivity index (χ1n) is 7.61. The summed E-state index contributed by atoms with van der Waals surface area (Å²) in [6.07, 6.45) is 4.96. The summed E-state index contributed by atoms with van der Waals surface area (Å²) in [5.41, 5.74) is 1.19. The lowest BCUT2D eigenvalue weighted by atomic mass is 10.1. The molecule has 0 amide bonds. The van der Waals surface area contributed by atoms with Gasteiger partial charge in [0.05, 0.1) is 12.3 Å². The molecule has 1 aromatic rings. The molecule has 114 valence electrons. The van der Waals surface area contributed by atoms with Crippen LogP contribution in [0.25, 0.3) is 0 Å². The second kappa shape index (κ2) is 8.93. The van der Waals surface area contributed by atoms with Crippen molar-refractivity contribution in [2.24, 2.45) is 0 Å². The lowest BCUT2D eigenvalue weighted by Crippen LogP contribution is -2.28. The van der Waals surface area contributed by atoms with Crippen LogP contribution in [0.4, 0.5) is 0 Å². The molecule has 1 aromatic heterocycles. The van der Waals surface area contributed by atoms with Gasteiger partial charge >= 0.3 is 0 Å². The lowest BCUT2D eigenvalue weighted by Gasteiger charge is -2.23. The molecule has 1 rings (SSSR count). The standard InChI is InChI=1S/C16H29N3O/c1-6-19(7-2)9-8-16(17-5)14-10-15(12-18-11-14)20-13(3)4/h10-13,16-17H,6-9H2,1-5H3. The molecule has 0 saturated carbocycles. The van der Waals surface area contributed by atoms with Gasteiger partial charge in [-0.3, -0.25) is 4.98 Å². The van der Waals surface area contributed by atoms with Crippen molar-refractivity contribution in [2.45, 2.75) is 46.3 Å².